The summed E-state index contributed by atoms with van der Waals surface area (Å²) >= 11 is 5.98. The topological polar surface area (TPSA) is 136 Å². The maximum atomic E-state index is 14.7. The number of pyridine rings is 1. The minimum atomic E-state index is -1.43. The first-order valence-electron chi connectivity index (χ1n) is 11.0. The van der Waals surface area contributed by atoms with Crippen LogP contribution in [0.15, 0.2) is 48.4 Å². The van der Waals surface area contributed by atoms with E-state index in [1.165, 1.54) is 18.5 Å². The van der Waals surface area contributed by atoms with E-state index in [4.69, 9.17) is 23.1 Å². The molecule has 0 aliphatic heterocycles. The Hall–Kier alpha value is -3.27. The third-order valence-electron chi connectivity index (χ3n) is 6.75. The molecule has 8 nitrogen and oxygen atoms in total. The van der Waals surface area contributed by atoms with E-state index in [1.54, 1.807) is 22.9 Å². The van der Waals surface area contributed by atoms with Gasteiger partial charge in [-0.2, -0.15) is 0 Å². The molecule has 0 spiro atoms. The number of benzene rings is 1. The van der Waals surface area contributed by atoms with Gasteiger partial charge in [0.25, 0.3) is 0 Å². The number of fused-ring (bicyclic) bond motifs is 2. The lowest BCUT2D eigenvalue weighted by Crippen LogP contribution is -2.43. The molecule has 0 radical (unpaired) electrons. The van der Waals surface area contributed by atoms with E-state index in [0.29, 0.717) is 58.2 Å². The van der Waals surface area contributed by atoms with E-state index in [1.807, 2.05) is 13.0 Å². The van der Waals surface area contributed by atoms with Crippen molar-refractivity contribution in [3.63, 3.8) is 0 Å². The molecule has 0 amide bonds. The summed E-state index contributed by atoms with van der Waals surface area (Å²) in [6.07, 6.45) is 5.09. The summed E-state index contributed by atoms with van der Waals surface area (Å²) < 4.78 is 16.5. The van der Waals surface area contributed by atoms with E-state index in [0.717, 1.165) is 0 Å². The number of halogens is 2. The van der Waals surface area contributed by atoms with E-state index in [2.05, 4.69) is 15.0 Å². The smallest absolute Gasteiger partial charge is 0.146 e. The van der Waals surface area contributed by atoms with E-state index in [-0.39, 0.29) is 10.8 Å². The molecule has 1 aromatic carbocycles. The average Bonchev–Trinajstić information content (AvgIpc) is 3.34. The van der Waals surface area contributed by atoms with Crippen molar-refractivity contribution in [1.82, 2.24) is 19.5 Å². The number of aliphatic hydroxyl groups is 2. The number of rotatable bonds is 5. The summed E-state index contributed by atoms with van der Waals surface area (Å²) in [5, 5.41) is 23.7. The van der Waals surface area contributed by atoms with Gasteiger partial charge in [-0.1, -0.05) is 24.6 Å². The van der Waals surface area contributed by atoms with E-state index >= 15 is 0 Å². The fourth-order valence-corrected chi connectivity index (χ4v) is 4.97. The summed E-state index contributed by atoms with van der Waals surface area (Å²) in [6.45, 7) is 1.82. The largest absolute Gasteiger partial charge is 0.387 e. The van der Waals surface area contributed by atoms with Gasteiger partial charge in [0.15, 0.2) is 0 Å². The summed E-state index contributed by atoms with van der Waals surface area (Å²) in [5.41, 5.74) is 12.7. The Morgan fingerprint density at radius 2 is 1.94 bits per heavy atom. The molecular formula is C24H24ClFN6O2. The predicted molar refractivity (Wildman–Crippen MR) is 130 cm³/mol. The Morgan fingerprint density at radius 3 is 2.71 bits per heavy atom. The molecule has 6 N–H and O–H groups in total. The van der Waals surface area contributed by atoms with Crippen LogP contribution in [0.5, 0.6) is 0 Å². The number of aryl methyl sites for hydroxylation is 1. The molecule has 3 unspecified atom stereocenters. The van der Waals surface area contributed by atoms with E-state index in [9.17, 15) is 14.6 Å². The molecule has 0 saturated carbocycles. The third-order valence-corrected chi connectivity index (χ3v) is 7.05. The van der Waals surface area contributed by atoms with Crippen molar-refractivity contribution < 1.29 is 14.6 Å². The standard InChI is InChI=1S/C24H24ClFN6O2/c1-2-24(34)13(4-3-12-7-17(26)15-10-16(25)22(28)31-18(15)8-12)9-19(20(24)33)32-6-5-14-21(27)29-11-30-23(14)32/h5-11,19-20,33-34H,2-4H2,1H3,(H2,28,31)(H2,27,29,30). The number of aromatic nitrogens is 4. The van der Waals surface area contributed by atoms with Gasteiger partial charge in [-0.05, 0) is 54.7 Å². The van der Waals surface area contributed by atoms with Crippen molar-refractivity contribution >= 4 is 45.2 Å². The van der Waals surface area contributed by atoms with Crippen LogP contribution in [0.1, 0.15) is 31.4 Å². The third kappa shape index (κ3) is 3.48. The van der Waals surface area contributed by atoms with Gasteiger partial charge in [0.2, 0.25) is 0 Å². The molecule has 1 aliphatic rings. The Bertz CT molecular complexity index is 1450. The van der Waals surface area contributed by atoms with Crippen LogP contribution in [0.25, 0.3) is 21.9 Å². The molecular weight excluding hydrogens is 459 g/mol. The molecule has 3 atom stereocenters. The number of aliphatic hydroxyl groups excluding tert-OH is 1. The summed E-state index contributed by atoms with van der Waals surface area (Å²) in [6, 6.07) is 5.91. The molecule has 10 heteroatoms. The lowest BCUT2D eigenvalue weighted by molar-refractivity contribution is -0.0542. The van der Waals surface area contributed by atoms with Gasteiger partial charge < -0.3 is 26.2 Å². The zero-order valence-electron chi connectivity index (χ0n) is 18.4. The fraction of sp³-hybridized carbons (Fsp3) is 0.292. The maximum absolute atomic E-state index is 14.7. The second-order valence-corrected chi connectivity index (χ2v) is 9.03. The second-order valence-electron chi connectivity index (χ2n) is 8.62. The lowest BCUT2D eigenvalue weighted by atomic mass is 9.86. The van der Waals surface area contributed by atoms with E-state index < -0.39 is 23.6 Å². The molecule has 176 valence electrons. The van der Waals surface area contributed by atoms with Crippen molar-refractivity contribution in [1.29, 1.82) is 0 Å². The number of nitrogens with zero attached hydrogens (tertiary/aromatic N) is 4. The minimum absolute atomic E-state index is 0.138. The minimum Gasteiger partial charge on any atom is -0.387 e. The first kappa shape index (κ1) is 22.5. The zero-order valence-corrected chi connectivity index (χ0v) is 19.2. The molecule has 4 aromatic rings. The Labute approximate surface area is 199 Å². The Balaban J connectivity index is 1.47. The SMILES string of the molecule is CCC1(O)C(CCc2cc(F)c3cc(Cl)c(N)nc3c2)=CC(n2ccc3c(N)ncnc32)C1O. The van der Waals surface area contributed by atoms with Crippen LogP contribution in [0.3, 0.4) is 0 Å². The highest BCUT2D eigenvalue weighted by molar-refractivity contribution is 6.33. The summed E-state index contributed by atoms with van der Waals surface area (Å²) in [4.78, 5) is 12.5. The molecule has 0 saturated heterocycles. The predicted octanol–water partition coefficient (Wildman–Crippen LogP) is 3.55. The van der Waals surface area contributed by atoms with Gasteiger partial charge in [0.1, 0.15) is 41.1 Å². The van der Waals surface area contributed by atoms with Gasteiger partial charge in [0.05, 0.1) is 22.0 Å². The number of hydrogen-bond donors (Lipinski definition) is 4. The molecule has 3 aromatic heterocycles. The Morgan fingerprint density at radius 1 is 1.15 bits per heavy atom. The van der Waals surface area contributed by atoms with Gasteiger partial charge in [0, 0.05) is 11.6 Å². The summed E-state index contributed by atoms with van der Waals surface area (Å²) in [5.74, 6) is 0.0426. The zero-order chi connectivity index (χ0) is 24.2. The van der Waals surface area contributed by atoms with Crippen molar-refractivity contribution in [3.8, 4) is 0 Å². The Kier molecular flexibility index (Phi) is 5.43. The molecule has 34 heavy (non-hydrogen) atoms. The van der Waals surface area contributed by atoms with Crippen LogP contribution >= 0.6 is 11.6 Å². The number of anilines is 2. The summed E-state index contributed by atoms with van der Waals surface area (Å²) in [7, 11) is 0. The van der Waals surface area contributed by atoms with Crippen molar-refractivity contribution in [3.05, 3.63) is 64.8 Å². The van der Waals surface area contributed by atoms with Crippen molar-refractivity contribution in [2.24, 2.45) is 0 Å². The number of nitrogen functional groups attached to an aromatic ring is 2. The molecule has 3 heterocycles. The number of nitrogens with two attached hydrogens (primary N) is 2. The second kappa shape index (κ2) is 8.19. The lowest BCUT2D eigenvalue weighted by Gasteiger charge is -2.31. The highest BCUT2D eigenvalue weighted by atomic mass is 35.5. The monoisotopic (exact) mass is 482 g/mol. The molecule has 0 bridgehead atoms. The van der Waals surface area contributed by atoms with Gasteiger partial charge in [-0.3, -0.25) is 0 Å². The van der Waals surface area contributed by atoms with Crippen LogP contribution in [-0.2, 0) is 6.42 Å². The highest BCUT2D eigenvalue weighted by Crippen LogP contribution is 2.43. The molecule has 5 rings (SSSR count). The van der Waals surface area contributed by atoms with Crippen LogP contribution in [0.4, 0.5) is 16.0 Å². The van der Waals surface area contributed by atoms with Crippen LogP contribution in [0, 0.1) is 5.82 Å². The average molecular weight is 483 g/mol. The van der Waals surface area contributed by atoms with Gasteiger partial charge in [-0.25, -0.2) is 19.3 Å². The maximum Gasteiger partial charge on any atom is 0.146 e. The van der Waals surface area contributed by atoms with Crippen LogP contribution in [0.2, 0.25) is 5.02 Å². The van der Waals surface area contributed by atoms with Gasteiger partial charge in [-0.15, -0.1) is 0 Å². The highest BCUT2D eigenvalue weighted by Gasteiger charge is 2.47. The van der Waals surface area contributed by atoms with Crippen LogP contribution < -0.4 is 11.5 Å². The number of hydrogen-bond acceptors (Lipinski definition) is 7. The van der Waals surface area contributed by atoms with Crippen molar-refractivity contribution in [2.75, 3.05) is 11.5 Å². The normalized spacial score (nSPS) is 22.6. The first-order chi connectivity index (χ1) is 16.2. The fourth-order valence-electron chi connectivity index (χ4n) is 4.81. The van der Waals surface area contributed by atoms with Gasteiger partial charge >= 0.3 is 0 Å². The van der Waals surface area contributed by atoms with Crippen molar-refractivity contribution in [2.45, 2.75) is 43.9 Å². The molecule has 1 aliphatic carbocycles. The first-order valence-corrected chi connectivity index (χ1v) is 11.3. The van der Waals surface area contributed by atoms with Crippen LogP contribution in [-0.4, -0.2) is 41.4 Å². The molecule has 0 fully saturated rings. The quantitative estimate of drug-likeness (QED) is 0.319.